The average molecular weight is 400 g/mol. The molecule has 0 saturated carbocycles. The van der Waals surface area contributed by atoms with Crippen molar-refractivity contribution in [3.05, 3.63) is 64.2 Å². The zero-order valence-electron chi connectivity index (χ0n) is 15.7. The van der Waals surface area contributed by atoms with Crippen LogP contribution in [0.15, 0.2) is 52.4 Å². The van der Waals surface area contributed by atoms with E-state index >= 15 is 0 Å². The first-order valence-corrected chi connectivity index (χ1v) is 9.93. The van der Waals surface area contributed by atoms with Crippen LogP contribution in [-0.2, 0) is 14.8 Å². The molecule has 2 N–H and O–H groups in total. The number of carbonyl (C=O) groups is 1. The highest BCUT2D eigenvalue weighted by molar-refractivity contribution is 7.89. The molecule has 1 amide bonds. The maximum absolute atomic E-state index is 12.7. The fourth-order valence-corrected chi connectivity index (χ4v) is 3.90. The van der Waals surface area contributed by atoms with Gasteiger partial charge in [-0.25, -0.2) is 13.4 Å². The summed E-state index contributed by atoms with van der Waals surface area (Å²) < 4.78 is 26.4. The minimum Gasteiger partial charge on any atom is -0.325 e. The lowest BCUT2D eigenvalue weighted by atomic mass is 10.1. The second kappa shape index (κ2) is 7.53. The van der Waals surface area contributed by atoms with Gasteiger partial charge >= 0.3 is 0 Å². The van der Waals surface area contributed by atoms with Crippen molar-refractivity contribution in [1.29, 1.82) is 0 Å². The number of nitrogens with zero attached hydrogens (tertiary/aromatic N) is 2. The Morgan fingerprint density at radius 1 is 1.14 bits per heavy atom. The summed E-state index contributed by atoms with van der Waals surface area (Å²) >= 11 is 0. The van der Waals surface area contributed by atoms with Crippen LogP contribution < -0.4 is 10.9 Å². The molecule has 0 unspecified atom stereocenters. The molecule has 28 heavy (non-hydrogen) atoms. The molecule has 0 saturated heterocycles. The van der Waals surface area contributed by atoms with Crippen molar-refractivity contribution in [2.75, 3.05) is 18.9 Å². The number of hydrogen-bond acceptors (Lipinski definition) is 5. The molecule has 3 rings (SSSR count). The Balaban J connectivity index is 1.76. The number of fused-ring (bicyclic) bond motifs is 1. The maximum Gasteiger partial charge on any atom is 0.258 e. The van der Waals surface area contributed by atoms with Crippen LogP contribution in [0.1, 0.15) is 11.1 Å². The summed E-state index contributed by atoms with van der Waals surface area (Å²) in [6.45, 7) is 3.36. The van der Waals surface area contributed by atoms with Crippen LogP contribution in [0.2, 0.25) is 0 Å². The first-order valence-electron chi connectivity index (χ1n) is 8.49. The van der Waals surface area contributed by atoms with Gasteiger partial charge in [0.05, 0.1) is 28.7 Å². The fourth-order valence-electron chi connectivity index (χ4n) is 2.69. The molecule has 0 aliphatic heterocycles. The zero-order chi connectivity index (χ0) is 20.5. The van der Waals surface area contributed by atoms with Crippen LogP contribution in [0.5, 0.6) is 0 Å². The van der Waals surface area contributed by atoms with Crippen molar-refractivity contribution in [2.45, 2.75) is 18.7 Å². The summed E-state index contributed by atoms with van der Waals surface area (Å²) in [5.74, 6) is -0.519. The molecule has 1 heterocycles. The first-order chi connectivity index (χ1) is 13.2. The van der Waals surface area contributed by atoms with Crippen LogP contribution >= 0.6 is 0 Å². The molecule has 0 radical (unpaired) electrons. The van der Waals surface area contributed by atoms with Crippen LogP contribution in [0.4, 0.5) is 5.69 Å². The van der Waals surface area contributed by atoms with Gasteiger partial charge in [-0.15, -0.1) is 0 Å². The standard InChI is InChI=1S/C19H20N4O4S/c1-12-4-6-15(8-13(12)2)28(26,27)23(3)10-18(24)22-14-5-7-17-16(9-14)19(25)21-11-20-17/h4-9,11H,10H2,1-3H3,(H,22,24)(H,20,21,25). The lowest BCUT2D eigenvalue weighted by Crippen LogP contribution is -2.35. The number of likely N-dealkylation sites (N-methyl/N-ethyl adjacent to an activating group) is 1. The molecule has 2 aromatic carbocycles. The van der Waals surface area contributed by atoms with Gasteiger partial charge in [-0.2, -0.15) is 4.31 Å². The van der Waals surface area contributed by atoms with Crippen LogP contribution in [-0.4, -0.2) is 42.2 Å². The molecule has 0 aliphatic carbocycles. The number of carbonyl (C=O) groups excluding carboxylic acids is 1. The maximum atomic E-state index is 12.7. The normalized spacial score (nSPS) is 11.7. The number of anilines is 1. The van der Waals surface area contributed by atoms with E-state index in [9.17, 15) is 18.0 Å². The van der Waals surface area contributed by atoms with Gasteiger partial charge in [0.2, 0.25) is 15.9 Å². The second-order valence-corrected chi connectivity index (χ2v) is 8.56. The minimum atomic E-state index is -3.80. The van der Waals surface area contributed by atoms with Crippen molar-refractivity contribution in [3.63, 3.8) is 0 Å². The topological polar surface area (TPSA) is 112 Å². The molecule has 0 aliphatic rings. The lowest BCUT2D eigenvalue weighted by molar-refractivity contribution is -0.116. The van der Waals surface area contributed by atoms with Gasteiger partial charge in [0.25, 0.3) is 5.56 Å². The van der Waals surface area contributed by atoms with E-state index in [-0.39, 0.29) is 17.0 Å². The summed E-state index contributed by atoms with van der Waals surface area (Å²) in [7, 11) is -2.45. The van der Waals surface area contributed by atoms with E-state index in [0.29, 0.717) is 16.6 Å². The second-order valence-electron chi connectivity index (χ2n) is 6.52. The highest BCUT2D eigenvalue weighted by Crippen LogP contribution is 2.19. The number of benzene rings is 2. The Morgan fingerprint density at radius 3 is 2.61 bits per heavy atom. The van der Waals surface area contributed by atoms with E-state index in [1.165, 1.54) is 25.5 Å². The molecule has 8 nitrogen and oxygen atoms in total. The van der Waals surface area contributed by atoms with Crippen LogP contribution in [0, 0.1) is 13.8 Å². The van der Waals surface area contributed by atoms with E-state index in [1.807, 2.05) is 13.8 Å². The van der Waals surface area contributed by atoms with Crippen molar-refractivity contribution < 1.29 is 13.2 Å². The van der Waals surface area contributed by atoms with Gasteiger partial charge < -0.3 is 10.3 Å². The van der Waals surface area contributed by atoms with Crippen molar-refractivity contribution in [1.82, 2.24) is 14.3 Å². The molecule has 0 spiro atoms. The van der Waals surface area contributed by atoms with Crippen molar-refractivity contribution >= 4 is 32.5 Å². The molecule has 9 heteroatoms. The minimum absolute atomic E-state index is 0.134. The number of aromatic nitrogens is 2. The molecular weight excluding hydrogens is 380 g/mol. The van der Waals surface area contributed by atoms with E-state index < -0.39 is 15.9 Å². The summed E-state index contributed by atoms with van der Waals surface area (Å²) in [6.07, 6.45) is 1.30. The Labute approximate surface area is 162 Å². The van der Waals surface area contributed by atoms with E-state index in [4.69, 9.17) is 0 Å². The van der Waals surface area contributed by atoms with E-state index in [2.05, 4.69) is 15.3 Å². The molecule has 0 bridgehead atoms. The Kier molecular flexibility index (Phi) is 5.30. The number of aryl methyl sites for hydroxylation is 2. The SMILES string of the molecule is Cc1ccc(S(=O)(=O)N(C)CC(=O)Nc2ccc3nc[nH]c(=O)c3c2)cc1C. The number of nitrogens with one attached hydrogen (secondary N) is 2. The molecule has 0 atom stereocenters. The third kappa shape index (κ3) is 3.95. The Bertz CT molecular complexity index is 1220. The highest BCUT2D eigenvalue weighted by Gasteiger charge is 2.23. The predicted molar refractivity (Wildman–Crippen MR) is 107 cm³/mol. The molecule has 1 aromatic heterocycles. The smallest absolute Gasteiger partial charge is 0.258 e. The Morgan fingerprint density at radius 2 is 1.89 bits per heavy atom. The number of H-pyrrole nitrogens is 1. The predicted octanol–water partition coefficient (Wildman–Crippen LogP) is 1.80. The van der Waals surface area contributed by atoms with Gasteiger partial charge in [-0.3, -0.25) is 9.59 Å². The summed E-state index contributed by atoms with van der Waals surface area (Å²) in [5.41, 5.74) is 2.40. The van der Waals surface area contributed by atoms with Gasteiger partial charge in [0.1, 0.15) is 0 Å². The number of hydrogen-bond donors (Lipinski definition) is 2. The molecule has 146 valence electrons. The van der Waals surface area contributed by atoms with Crippen molar-refractivity contribution in [3.8, 4) is 0 Å². The van der Waals surface area contributed by atoms with Gasteiger partial charge in [0, 0.05) is 12.7 Å². The van der Waals surface area contributed by atoms with Crippen molar-refractivity contribution in [2.24, 2.45) is 0 Å². The van der Waals surface area contributed by atoms with E-state index in [0.717, 1.165) is 15.4 Å². The third-order valence-electron chi connectivity index (χ3n) is 4.48. The summed E-state index contributed by atoms with van der Waals surface area (Å²) in [6, 6.07) is 9.55. The molecular formula is C19H20N4O4S. The van der Waals surface area contributed by atoms with Crippen LogP contribution in [0.3, 0.4) is 0 Å². The van der Waals surface area contributed by atoms with Crippen LogP contribution in [0.25, 0.3) is 10.9 Å². The number of amides is 1. The molecule has 3 aromatic rings. The fraction of sp³-hybridized carbons (Fsp3) is 0.211. The summed E-state index contributed by atoms with van der Waals surface area (Å²) in [4.78, 5) is 30.8. The van der Waals surface area contributed by atoms with E-state index in [1.54, 1.807) is 24.3 Å². The number of sulfonamides is 1. The monoisotopic (exact) mass is 400 g/mol. The average Bonchev–Trinajstić information content (AvgIpc) is 2.64. The summed E-state index contributed by atoms with van der Waals surface area (Å²) in [5, 5.41) is 2.94. The Hall–Kier alpha value is -3.04. The number of aromatic amines is 1. The first kappa shape index (κ1) is 19.7. The lowest BCUT2D eigenvalue weighted by Gasteiger charge is -2.17. The molecule has 0 fully saturated rings. The van der Waals surface area contributed by atoms with Gasteiger partial charge in [-0.05, 0) is 55.3 Å². The van der Waals surface area contributed by atoms with Gasteiger partial charge in [-0.1, -0.05) is 6.07 Å². The third-order valence-corrected chi connectivity index (χ3v) is 6.28. The largest absolute Gasteiger partial charge is 0.325 e. The number of rotatable bonds is 5. The highest BCUT2D eigenvalue weighted by atomic mass is 32.2. The van der Waals surface area contributed by atoms with Gasteiger partial charge in [0.15, 0.2) is 0 Å². The zero-order valence-corrected chi connectivity index (χ0v) is 16.5. The quantitative estimate of drug-likeness (QED) is 0.678.